The van der Waals surface area contributed by atoms with Gasteiger partial charge in [-0.3, -0.25) is 4.68 Å². The smallest absolute Gasteiger partial charge is 0.326 e. The summed E-state index contributed by atoms with van der Waals surface area (Å²) < 4.78 is 1.67. The van der Waals surface area contributed by atoms with E-state index in [1.165, 1.54) is 11.9 Å². The Morgan fingerprint density at radius 1 is 1.53 bits per heavy atom. The van der Waals surface area contributed by atoms with Crippen LogP contribution in [0, 0.1) is 0 Å². The zero-order chi connectivity index (χ0) is 14.3. The van der Waals surface area contributed by atoms with Crippen molar-refractivity contribution in [1.82, 2.24) is 25.2 Å². The number of amides is 2. The average molecular weight is 269 g/mol. The van der Waals surface area contributed by atoms with Crippen molar-refractivity contribution in [3.05, 3.63) is 12.4 Å². The standard InChI is InChI=1S/C11H19N5O3/c1-3-9(10(17)18)15(2)11(19)12-5-4-7-16-8-6-13-14-16/h6,8-9H,3-5,7H2,1-2H3,(H,12,19)(H,17,18). The van der Waals surface area contributed by atoms with Crippen molar-refractivity contribution >= 4 is 12.0 Å². The molecule has 0 saturated heterocycles. The number of hydrogen-bond donors (Lipinski definition) is 2. The van der Waals surface area contributed by atoms with Crippen LogP contribution in [0.5, 0.6) is 0 Å². The number of hydrogen-bond acceptors (Lipinski definition) is 4. The highest BCUT2D eigenvalue weighted by molar-refractivity contribution is 5.82. The van der Waals surface area contributed by atoms with Crippen LogP contribution >= 0.6 is 0 Å². The molecule has 1 unspecified atom stereocenters. The van der Waals surface area contributed by atoms with Gasteiger partial charge in [0.15, 0.2) is 0 Å². The zero-order valence-electron chi connectivity index (χ0n) is 11.1. The van der Waals surface area contributed by atoms with Gasteiger partial charge in [0, 0.05) is 26.3 Å². The fraction of sp³-hybridized carbons (Fsp3) is 0.636. The lowest BCUT2D eigenvalue weighted by molar-refractivity contribution is -0.141. The monoisotopic (exact) mass is 269 g/mol. The Balaban J connectivity index is 2.28. The van der Waals surface area contributed by atoms with Gasteiger partial charge in [0.1, 0.15) is 6.04 Å². The minimum absolute atomic E-state index is 0.373. The van der Waals surface area contributed by atoms with E-state index in [1.807, 2.05) is 0 Å². The van der Waals surface area contributed by atoms with Gasteiger partial charge in [-0.1, -0.05) is 12.1 Å². The van der Waals surface area contributed by atoms with Gasteiger partial charge in [0.2, 0.25) is 0 Å². The molecule has 0 fully saturated rings. The molecule has 0 aliphatic heterocycles. The minimum atomic E-state index is -0.997. The lowest BCUT2D eigenvalue weighted by Crippen LogP contribution is -2.47. The molecule has 0 aliphatic rings. The molecule has 0 radical (unpaired) electrons. The van der Waals surface area contributed by atoms with Gasteiger partial charge < -0.3 is 15.3 Å². The second kappa shape index (κ2) is 7.34. The Hall–Kier alpha value is -2.12. The molecule has 0 aromatic carbocycles. The van der Waals surface area contributed by atoms with Crippen LogP contribution in [-0.2, 0) is 11.3 Å². The van der Waals surface area contributed by atoms with Crippen LogP contribution in [0.3, 0.4) is 0 Å². The number of carboxylic acids is 1. The van der Waals surface area contributed by atoms with Gasteiger partial charge in [-0.05, 0) is 12.8 Å². The van der Waals surface area contributed by atoms with E-state index in [9.17, 15) is 9.59 Å². The number of nitrogens with one attached hydrogen (secondary N) is 1. The fourth-order valence-electron chi connectivity index (χ4n) is 1.67. The highest BCUT2D eigenvalue weighted by atomic mass is 16.4. The highest BCUT2D eigenvalue weighted by Crippen LogP contribution is 2.02. The van der Waals surface area contributed by atoms with Crippen LogP contribution in [0.2, 0.25) is 0 Å². The van der Waals surface area contributed by atoms with Gasteiger partial charge in [0.05, 0.1) is 6.20 Å². The van der Waals surface area contributed by atoms with Crippen LogP contribution in [0.1, 0.15) is 19.8 Å². The van der Waals surface area contributed by atoms with E-state index in [-0.39, 0.29) is 6.03 Å². The second-order valence-electron chi connectivity index (χ2n) is 4.12. The summed E-state index contributed by atoms with van der Waals surface area (Å²) in [5.41, 5.74) is 0. The van der Waals surface area contributed by atoms with Crippen LogP contribution in [-0.4, -0.2) is 56.6 Å². The summed E-state index contributed by atoms with van der Waals surface area (Å²) in [6.07, 6.45) is 4.40. The van der Waals surface area contributed by atoms with Crippen LogP contribution in [0.15, 0.2) is 12.4 Å². The van der Waals surface area contributed by atoms with E-state index in [2.05, 4.69) is 15.6 Å². The molecule has 1 aromatic rings. The lowest BCUT2D eigenvalue weighted by Gasteiger charge is -2.23. The molecule has 2 amide bonds. The van der Waals surface area contributed by atoms with Crippen molar-refractivity contribution < 1.29 is 14.7 Å². The Bertz CT molecular complexity index is 406. The third-order valence-electron chi connectivity index (χ3n) is 2.77. The van der Waals surface area contributed by atoms with E-state index < -0.39 is 12.0 Å². The quantitative estimate of drug-likeness (QED) is 0.687. The summed E-state index contributed by atoms with van der Waals surface area (Å²) >= 11 is 0. The molecule has 1 rings (SSSR count). The van der Waals surface area contributed by atoms with E-state index >= 15 is 0 Å². The van der Waals surface area contributed by atoms with E-state index in [1.54, 1.807) is 24.0 Å². The molecule has 0 bridgehead atoms. The summed E-state index contributed by atoms with van der Waals surface area (Å²) in [4.78, 5) is 23.9. The molecule has 1 aromatic heterocycles. The maximum absolute atomic E-state index is 11.7. The topological polar surface area (TPSA) is 100 Å². The second-order valence-corrected chi connectivity index (χ2v) is 4.12. The number of aliphatic carboxylic acids is 1. The van der Waals surface area contributed by atoms with E-state index in [4.69, 9.17) is 5.11 Å². The summed E-state index contributed by atoms with van der Waals surface area (Å²) in [6, 6.07) is -1.18. The number of carboxylic acid groups (broad SMARTS) is 1. The van der Waals surface area contributed by atoms with Gasteiger partial charge in [-0.2, -0.15) is 0 Å². The Morgan fingerprint density at radius 3 is 2.79 bits per heavy atom. The summed E-state index contributed by atoms with van der Waals surface area (Å²) in [7, 11) is 1.48. The first-order chi connectivity index (χ1) is 9.06. The van der Waals surface area contributed by atoms with Crippen molar-refractivity contribution in [2.45, 2.75) is 32.4 Å². The molecule has 2 N–H and O–H groups in total. The molecule has 0 aliphatic carbocycles. The largest absolute Gasteiger partial charge is 0.480 e. The van der Waals surface area contributed by atoms with Gasteiger partial charge in [-0.15, -0.1) is 5.10 Å². The fourth-order valence-corrected chi connectivity index (χ4v) is 1.67. The molecule has 0 saturated carbocycles. The molecule has 8 heteroatoms. The van der Waals surface area contributed by atoms with Gasteiger partial charge >= 0.3 is 12.0 Å². The summed E-state index contributed by atoms with van der Waals surface area (Å²) in [6.45, 7) is 2.84. The number of likely N-dealkylation sites (N-methyl/N-ethyl adjacent to an activating group) is 1. The van der Waals surface area contributed by atoms with E-state index in [0.717, 1.165) is 0 Å². The van der Waals surface area contributed by atoms with Crippen LogP contribution in [0.25, 0.3) is 0 Å². The number of aromatic nitrogens is 3. The molecule has 1 heterocycles. The first-order valence-corrected chi connectivity index (χ1v) is 6.13. The Kier molecular flexibility index (Phi) is 5.77. The number of carbonyl (C=O) groups is 2. The first kappa shape index (κ1) is 14.9. The molecular formula is C11H19N5O3. The Labute approximate surface area is 111 Å². The minimum Gasteiger partial charge on any atom is -0.480 e. The van der Waals surface area contributed by atoms with Crippen molar-refractivity contribution in [1.29, 1.82) is 0 Å². The van der Waals surface area contributed by atoms with Crippen molar-refractivity contribution in [2.24, 2.45) is 0 Å². The first-order valence-electron chi connectivity index (χ1n) is 6.13. The third kappa shape index (κ3) is 4.57. The predicted molar refractivity (Wildman–Crippen MR) is 67.5 cm³/mol. The predicted octanol–water partition coefficient (Wildman–Crippen LogP) is 0.173. The Morgan fingerprint density at radius 2 is 2.26 bits per heavy atom. The van der Waals surface area contributed by atoms with Crippen molar-refractivity contribution in [3.8, 4) is 0 Å². The summed E-state index contributed by atoms with van der Waals surface area (Å²) in [5, 5.41) is 19.1. The third-order valence-corrected chi connectivity index (χ3v) is 2.77. The zero-order valence-corrected chi connectivity index (χ0v) is 11.1. The molecular weight excluding hydrogens is 250 g/mol. The highest BCUT2D eigenvalue weighted by Gasteiger charge is 2.24. The number of aryl methyl sites for hydroxylation is 1. The van der Waals surface area contributed by atoms with Gasteiger partial charge in [-0.25, -0.2) is 9.59 Å². The maximum Gasteiger partial charge on any atom is 0.326 e. The van der Waals surface area contributed by atoms with Crippen LogP contribution in [0.4, 0.5) is 4.79 Å². The average Bonchev–Trinajstić information content (AvgIpc) is 2.87. The normalized spacial score (nSPS) is 11.9. The van der Waals surface area contributed by atoms with Crippen molar-refractivity contribution in [2.75, 3.05) is 13.6 Å². The molecule has 106 valence electrons. The van der Waals surface area contributed by atoms with Gasteiger partial charge in [0.25, 0.3) is 0 Å². The van der Waals surface area contributed by atoms with E-state index in [0.29, 0.717) is 25.9 Å². The molecule has 0 spiro atoms. The number of urea groups is 1. The number of nitrogens with zero attached hydrogens (tertiary/aromatic N) is 4. The molecule has 1 atom stereocenters. The SMILES string of the molecule is CCC(C(=O)O)N(C)C(=O)NCCCn1ccnn1. The molecule has 19 heavy (non-hydrogen) atoms. The van der Waals surface area contributed by atoms with Crippen molar-refractivity contribution in [3.63, 3.8) is 0 Å². The lowest BCUT2D eigenvalue weighted by atomic mass is 10.2. The number of rotatable bonds is 7. The van der Waals surface area contributed by atoms with Crippen LogP contribution < -0.4 is 5.32 Å². The number of carbonyl (C=O) groups excluding carboxylic acids is 1. The molecule has 8 nitrogen and oxygen atoms in total. The maximum atomic E-state index is 11.7. The summed E-state index contributed by atoms with van der Waals surface area (Å²) in [5.74, 6) is -0.997.